The van der Waals surface area contributed by atoms with Crippen LogP contribution >= 0.6 is 0 Å². The van der Waals surface area contributed by atoms with Crippen LogP contribution in [0.2, 0.25) is 0 Å². The van der Waals surface area contributed by atoms with Crippen molar-refractivity contribution < 1.29 is 8.42 Å². The first-order valence-electron chi connectivity index (χ1n) is 4.50. The Morgan fingerprint density at radius 3 is 2.86 bits per heavy atom. The Bertz CT molecular complexity index is 406. The molecule has 1 heterocycles. The molecule has 6 heteroatoms. The van der Waals surface area contributed by atoms with Gasteiger partial charge in [0.15, 0.2) is 0 Å². The standard InChI is InChI=1S/C8H13N3O2S/c1-8(2-3-8)6-11-14(12,13)7-4-9-10-5-7/h4-5,11H,2-3,6H2,1H3,(H,9,10). The SMILES string of the molecule is CC1(CNS(=O)(=O)c2cn[nH]c2)CC1. The topological polar surface area (TPSA) is 74.8 Å². The van der Waals surface area contributed by atoms with Gasteiger partial charge in [-0.1, -0.05) is 6.92 Å². The molecule has 0 saturated heterocycles. The number of aromatic nitrogens is 2. The number of nitrogens with zero attached hydrogens (tertiary/aromatic N) is 1. The van der Waals surface area contributed by atoms with Crippen molar-refractivity contribution >= 4 is 10.0 Å². The summed E-state index contributed by atoms with van der Waals surface area (Å²) in [5.74, 6) is 0. The largest absolute Gasteiger partial charge is 0.284 e. The average molecular weight is 215 g/mol. The number of hydrogen-bond donors (Lipinski definition) is 2. The van der Waals surface area contributed by atoms with Crippen molar-refractivity contribution in [1.29, 1.82) is 0 Å². The fourth-order valence-electron chi connectivity index (χ4n) is 1.13. The van der Waals surface area contributed by atoms with Crippen LogP contribution in [0, 0.1) is 5.41 Å². The van der Waals surface area contributed by atoms with E-state index in [4.69, 9.17) is 0 Å². The third kappa shape index (κ3) is 1.96. The zero-order chi connectivity index (χ0) is 10.2. The smallest absolute Gasteiger partial charge is 0.243 e. The first kappa shape index (κ1) is 9.67. The van der Waals surface area contributed by atoms with Crippen LogP contribution in [0.25, 0.3) is 0 Å². The highest BCUT2D eigenvalue weighted by atomic mass is 32.2. The Hall–Kier alpha value is -0.880. The molecule has 5 nitrogen and oxygen atoms in total. The highest BCUT2D eigenvalue weighted by molar-refractivity contribution is 7.89. The van der Waals surface area contributed by atoms with E-state index in [1.807, 2.05) is 0 Å². The van der Waals surface area contributed by atoms with Crippen LogP contribution in [0.5, 0.6) is 0 Å². The van der Waals surface area contributed by atoms with Gasteiger partial charge < -0.3 is 0 Å². The summed E-state index contributed by atoms with van der Waals surface area (Å²) in [6.45, 7) is 2.59. The first-order chi connectivity index (χ1) is 6.52. The molecule has 78 valence electrons. The lowest BCUT2D eigenvalue weighted by molar-refractivity contribution is 0.530. The van der Waals surface area contributed by atoms with Gasteiger partial charge in [-0.3, -0.25) is 5.10 Å². The van der Waals surface area contributed by atoms with Crippen LogP contribution in [0.4, 0.5) is 0 Å². The second-order valence-corrected chi connectivity index (χ2v) is 5.84. The second kappa shape index (κ2) is 3.06. The van der Waals surface area contributed by atoms with Gasteiger partial charge in [0, 0.05) is 12.7 Å². The zero-order valence-corrected chi connectivity index (χ0v) is 8.76. The number of rotatable bonds is 4. The fraction of sp³-hybridized carbons (Fsp3) is 0.625. The lowest BCUT2D eigenvalue weighted by Gasteiger charge is -2.08. The Morgan fingerprint density at radius 1 is 1.64 bits per heavy atom. The molecule has 2 N–H and O–H groups in total. The van der Waals surface area contributed by atoms with Crippen molar-refractivity contribution in [2.24, 2.45) is 5.41 Å². The van der Waals surface area contributed by atoms with Gasteiger partial charge in [-0.05, 0) is 18.3 Å². The van der Waals surface area contributed by atoms with E-state index in [1.54, 1.807) is 0 Å². The molecular formula is C8H13N3O2S. The quantitative estimate of drug-likeness (QED) is 0.767. The molecule has 0 aliphatic heterocycles. The van der Waals surface area contributed by atoms with E-state index >= 15 is 0 Å². The van der Waals surface area contributed by atoms with Crippen molar-refractivity contribution in [2.75, 3.05) is 6.54 Å². The molecule has 0 spiro atoms. The highest BCUT2D eigenvalue weighted by Crippen LogP contribution is 2.44. The minimum atomic E-state index is -3.35. The number of sulfonamides is 1. The molecule has 0 aromatic carbocycles. The summed E-state index contributed by atoms with van der Waals surface area (Å²) in [6, 6.07) is 0. The number of hydrogen-bond acceptors (Lipinski definition) is 3. The molecule has 1 aliphatic rings. The molecule has 2 rings (SSSR count). The summed E-state index contributed by atoms with van der Waals surface area (Å²) in [6.07, 6.45) is 4.87. The van der Waals surface area contributed by atoms with Crippen molar-refractivity contribution in [3.05, 3.63) is 12.4 Å². The highest BCUT2D eigenvalue weighted by Gasteiger charge is 2.38. The van der Waals surface area contributed by atoms with Gasteiger partial charge >= 0.3 is 0 Å². The van der Waals surface area contributed by atoms with Gasteiger partial charge in [0.1, 0.15) is 4.90 Å². The molecule has 14 heavy (non-hydrogen) atoms. The van der Waals surface area contributed by atoms with Crippen molar-refractivity contribution in [2.45, 2.75) is 24.7 Å². The van der Waals surface area contributed by atoms with Crippen LogP contribution in [0.3, 0.4) is 0 Å². The van der Waals surface area contributed by atoms with E-state index in [1.165, 1.54) is 12.4 Å². The maximum atomic E-state index is 11.6. The van der Waals surface area contributed by atoms with E-state index in [2.05, 4.69) is 21.8 Å². The van der Waals surface area contributed by atoms with Crippen LogP contribution in [0.15, 0.2) is 17.3 Å². The molecule has 1 aromatic heterocycles. The Kier molecular flexibility index (Phi) is 2.11. The zero-order valence-electron chi connectivity index (χ0n) is 7.95. The maximum absolute atomic E-state index is 11.6. The summed E-state index contributed by atoms with van der Waals surface area (Å²) in [4.78, 5) is 0.196. The third-order valence-corrected chi connectivity index (χ3v) is 3.94. The predicted octanol–water partition coefficient (Wildman–Crippen LogP) is 0.488. The minimum absolute atomic E-state index is 0.177. The van der Waals surface area contributed by atoms with Crippen LogP contribution in [0.1, 0.15) is 19.8 Å². The van der Waals surface area contributed by atoms with Gasteiger partial charge in [-0.2, -0.15) is 5.10 Å². The molecule has 0 atom stereocenters. The van der Waals surface area contributed by atoms with E-state index in [0.29, 0.717) is 6.54 Å². The normalized spacial score (nSPS) is 19.5. The Labute approximate surface area is 83.0 Å². The van der Waals surface area contributed by atoms with Crippen LogP contribution < -0.4 is 4.72 Å². The summed E-state index contributed by atoms with van der Waals surface area (Å²) < 4.78 is 25.8. The molecule has 0 unspecified atom stereocenters. The first-order valence-corrected chi connectivity index (χ1v) is 5.99. The van der Waals surface area contributed by atoms with Gasteiger partial charge in [0.25, 0.3) is 0 Å². The Balaban J connectivity index is 2.03. The van der Waals surface area contributed by atoms with Gasteiger partial charge in [-0.25, -0.2) is 13.1 Å². The van der Waals surface area contributed by atoms with Gasteiger partial charge in [-0.15, -0.1) is 0 Å². The Morgan fingerprint density at radius 2 is 2.36 bits per heavy atom. The van der Waals surface area contributed by atoms with Crippen molar-refractivity contribution in [3.63, 3.8) is 0 Å². The number of H-pyrrole nitrogens is 1. The van der Waals surface area contributed by atoms with Crippen molar-refractivity contribution in [1.82, 2.24) is 14.9 Å². The average Bonchev–Trinajstić information content (AvgIpc) is 2.70. The fourth-order valence-corrected chi connectivity index (χ4v) is 2.23. The van der Waals surface area contributed by atoms with E-state index in [9.17, 15) is 8.42 Å². The molecule has 1 aliphatic carbocycles. The minimum Gasteiger partial charge on any atom is -0.284 e. The molecular weight excluding hydrogens is 202 g/mol. The molecule has 1 aromatic rings. The van der Waals surface area contributed by atoms with Gasteiger partial charge in [0.2, 0.25) is 10.0 Å². The maximum Gasteiger partial charge on any atom is 0.243 e. The number of aromatic amines is 1. The third-order valence-electron chi connectivity index (χ3n) is 2.58. The van der Waals surface area contributed by atoms with E-state index in [-0.39, 0.29) is 10.3 Å². The van der Waals surface area contributed by atoms with E-state index < -0.39 is 10.0 Å². The summed E-state index contributed by atoms with van der Waals surface area (Å²) in [5, 5.41) is 6.08. The lowest BCUT2D eigenvalue weighted by atomic mass is 10.2. The van der Waals surface area contributed by atoms with Crippen molar-refractivity contribution in [3.8, 4) is 0 Å². The summed E-state index contributed by atoms with van der Waals surface area (Å²) >= 11 is 0. The van der Waals surface area contributed by atoms with E-state index in [0.717, 1.165) is 12.8 Å². The van der Waals surface area contributed by atoms with Gasteiger partial charge in [0.05, 0.1) is 6.20 Å². The molecule has 1 fully saturated rings. The second-order valence-electron chi connectivity index (χ2n) is 4.07. The van der Waals surface area contributed by atoms with Crippen LogP contribution in [-0.2, 0) is 10.0 Å². The summed E-state index contributed by atoms with van der Waals surface area (Å²) in [5.41, 5.74) is 0.177. The monoisotopic (exact) mass is 215 g/mol. The summed E-state index contributed by atoms with van der Waals surface area (Å²) in [7, 11) is -3.35. The van der Waals surface area contributed by atoms with Crippen LogP contribution in [-0.4, -0.2) is 25.2 Å². The molecule has 0 radical (unpaired) electrons. The molecule has 1 saturated carbocycles. The molecule has 0 amide bonds. The predicted molar refractivity (Wildman–Crippen MR) is 51.1 cm³/mol. The number of nitrogens with one attached hydrogen (secondary N) is 2. The lowest BCUT2D eigenvalue weighted by Crippen LogP contribution is -2.28. The molecule has 0 bridgehead atoms.